The van der Waals surface area contributed by atoms with Crippen LogP contribution in [0.15, 0.2) is 41.5 Å². The molecule has 2 aromatic carbocycles. The second-order valence-electron chi connectivity index (χ2n) is 8.03. The Morgan fingerprint density at radius 1 is 1.03 bits per heavy atom. The lowest BCUT2D eigenvalue weighted by Gasteiger charge is -2.15. The molecule has 0 aliphatic rings. The maximum absolute atomic E-state index is 12.8. The van der Waals surface area contributed by atoms with Crippen molar-refractivity contribution in [3.05, 3.63) is 36.5 Å². The predicted octanol–water partition coefficient (Wildman–Crippen LogP) is 2.11. The Labute approximate surface area is 219 Å². The first-order chi connectivity index (χ1) is 17.8. The number of hydrogen-bond donors (Lipinski definition) is 4. The minimum atomic E-state index is -0.486. The molecule has 0 fully saturated rings. The van der Waals surface area contributed by atoms with Gasteiger partial charge in [-0.05, 0) is 47.8 Å². The lowest BCUT2D eigenvalue weighted by atomic mass is 10.0. The van der Waals surface area contributed by atoms with Crippen molar-refractivity contribution < 1.29 is 29.5 Å². The Hall–Kier alpha value is -4.03. The van der Waals surface area contributed by atoms with E-state index in [9.17, 15) is 4.79 Å². The van der Waals surface area contributed by atoms with Gasteiger partial charge in [0.1, 0.15) is 5.75 Å². The highest BCUT2D eigenvalue weighted by atomic mass is 32.1. The summed E-state index contributed by atoms with van der Waals surface area (Å²) in [5, 5.41) is 2.94. The number of amides is 1. The smallest absolute Gasteiger partial charge is 0.282 e. The van der Waals surface area contributed by atoms with Crippen molar-refractivity contribution in [2.75, 3.05) is 40.3 Å². The molecule has 0 spiro atoms. The fourth-order valence-corrected chi connectivity index (χ4v) is 4.51. The molecule has 0 bridgehead atoms. The second-order valence-corrected chi connectivity index (χ2v) is 8.83. The van der Waals surface area contributed by atoms with E-state index in [-0.39, 0.29) is 11.9 Å². The van der Waals surface area contributed by atoms with Crippen LogP contribution >= 0.6 is 11.5 Å². The summed E-state index contributed by atoms with van der Waals surface area (Å²) in [6.07, 6.45) is 2.95. The second kappa shape index (κ2) is 12.8. The van der Waals surface area contributed by atoms with Crippen LogP contribution in [0.4, 0.5) is 5.69 Å². The largest absolute Gasteiger partial charge is 0.495 e. The van der Waals surface area contributed by atoms with Gasteiger partial charge in [-0.2, -0.15) is 4.37 Å². The van der Waals surface area contributed by atoms with Crippen molar-refractivity contribution in [2.45, 2.75) is 18.9 Å². The number of methoxy groups -OCH3 is 4. The monoisotopic (exact) mass is 529 g/mol. The van der Waals surface area contributed by atoms with Crippen LogP contribution in [0.5, 0.6) is 23.0 Å². The molecule has 0 unspecified atom stereocenters. The summed E-state index contributed by atoms with van der Waals surface area (Å²) in [4.78, 5) is 17.7. The maximum Gasteiger partial charge on any atom is 0.282 e. The first-order valence-electron chi connectivity index (χ1n) is 11.5. The minimum Gasteiger partial charge on any atom is -0.495 e. The number of quaternary nitrogens is 1. The lowest BCUT2D eigenvalue weighted by molar-refractivity contribution is -0.403. The molecular formula is C25H33N6O5S+. The molecule has 3 aromatic rings. The zero-order valence-electron chi connectivity index (χ0n) is 21.4. The number of aromatic nitrogens is 1. The summed E-state index contributed by atoms with van der Waals surface area (Å²) in [6, 6.07) is 8.84. The van der Waals surface area contributed by atoms with Gasteiger partial charge in [-0.15, -0.1) is 0 Å². The summed E-state index contributed by atoms with van der Waals surface area (Å²) >= 11 is 1.34. The molecule has 0 aliphatic carbocycles. The number of ether oxygens (including phenoxy) is 4. The number of carbonyl (C=O) groups excluding carboxylic acids is 1. The van der Waals surface area contributed by atoms with Crippen LogP contribution in [0.25, 0.3) is 21.6 Å². The fourth-order valence-electron chi connectivity index (χ4n) is 3.75. The van der Waals surface area contributed by atoms with Crippen LogP contribution in [0.2, 0.25) is 0 Å². The van der Waals surface area contributed by atoms with E-state index in [1.54, 1.807) is 40.7 Å². The van der Waals surface area contributed by atoms with E-state index in [4.69, 9.17) is 30.4 Å². The van der Waals surface area contributed by atoms with Crippen LogP contribution in [0.1, 0.15) is 12.8 Å². The molecule has 198 valence electrons. The number of hydrogen-bond acceptors (Lipinski definition) is 8. The molecule has 1 amide bonds. The summed E-state index contributed by atoms with van der Waals surface area (Å²) in [7, 11) is 6.26. The Morgan fingerprint density at radius 2 is 1.70 bits per heavy atom. The molecule has 0 radical (unpaired) electrons. The summed E-state index contributed by atoms with van der Waals surface area (Å²) in [6.45, 7) is 0.440. The zero-order valence-corrected chi connectivity index (χ0v) is 22.2. The van der Waals surface area contributed by atoms with Crippen LogP contribution in [-0.4, -0.2) is 57.3 Å². The van der Waals surface area contributed by atoms with Gasteiger partial charge in [0.15, 0.2) is 23.5 Å². The molecule has 0 aliphatic heterocycles. The first kappa shape index (κ1) is 27.6. The quantitative estimate of drug-likeness (QED) is 0.157. The number of aliphatic imine (C=N–C) groups is 1. The van der Waals surface area contributed by atoms with E-state index in [1.165, 1.54) is 11.5 Å². The van der Waals surface area contributed by atoms with Gasteiger partial charge in [-0.1, -0.05) is 6.07 Å². The van der Waals surface area contributed by atoms with Gasteiger partial charge in [0, 0.05) is 30.3 Å². The van der Waals surface area contributed by atoms with Crippen molar-refractivity contribution in [3.8, 4) is 44.6 Å². The Kier molecular flexibility index (Phi) is 9.52. The highest BCUT2D eigenvalue weighted by Crippen LogP contribution is 2.45. The van der Waals surface area contributed by atoms with E-state index in [0.717, 1.165) is 21.6 Å². The molecular weight excluding hydrogens is 496 g/mol. The number of nitrogens with zero attached hydrogens (tertiary/aromatic N) is 2. The number of nitrogens with one attached hydrogen (secondary N) is 1. The highest BCUT2D eigenvalue weighted by Gasteiger charge is 2.21. The van der Waals surface area contributed by atoms with Gasteiger partial charge in [0.05, 0.1) is 39.0 Å². The molecule has 8 N–H and O–H groups in total. The summed E-state index contributed by atoms with van der Waals surface area (Å²) in [5.41, 5.74) is 17.8. The standard InChI is InChI=1S/C25H32N6O5S/c1-33-19-8-7-14(10-18(19)31-24(32)17(26)6-5-9-29-25(27)28)16-13-30-37-23(16)15-11-20(34-2)22(36-4)21(12-15)35-3/h7-8,10-13,17H,5-6,9,26H2,1-4H3,(H,31,32)(H4,27,28,29)/p+1/t17-/m0/s1. The van der Waals surface area contributed by atoms with Crippen LogP contribution in [0.3, 0.4) is 0 Å². The van der Waals surface area contributed by atoms with Gasteiger partial charge in [0.25, 0.3) is 5.91 Å². The molecule has 37 heavy (non-hydrogen) atoms. The third-order valence-electron chi connectivity index (χ3n) is 5.64. The van der Waals surface area contributed by atoms with Crippen molar-refractivity contribution in [1.82, 2.24) is 4.37 Å². The minimum absolute atomic E-state index is 0.0282. The SMILES string of the molecule is COc1ccc(-c2cnsc2-c2cc(OC)c(OC)c(OC)c2)cc1NC(=O)[C@@H]([NH3+])CCCN=C(N)N. The van der Waals surface area contributed by atoms with Crippen LogP contribution in [0, 0.1) is 0 Å². The van der Waals surface area contributed by atoms with Gasteiger partial charge in [-0.25, -0.2) is 0 Å². The van der Waals surface area contributed by atoms with Gasteiger partial charge in [0.2, 0.25) is 5.75 Å². The third kappa shape index (κ3) is 6.60. The zero-order chi connectivity index (χ0) is 26.9. The molecule has 1 aromatic heterocycles. The van der Waals surface area contributed by atoms with Gasteiger partial charge in [-0.3, -0.25) is 9.79 Å². The molecule has 11 nitrogen and oxygen atoms in total. The van der Waals surface area contributed by atoms with Gasteiger partial charge >= 0.3 is 0 Å². The van der Waals surface area contributed by atoms with E-state index >= 15 is 0 Å². The molecule has 3 rings (SSSR count). The maximum atomic E-state index is 12.8. The van der Waals surface area contributed by atoms with Crippen LogP contribution < -0.4 is 41.5 Å². The fraction of sp³-hybridized carbons (Fsp3) is 0.320. The van der Waals surface area contributed by atoms with Crippen molar-refractivity contribution >= 4 is 29.1 Å². The predicted molar refractivity (Wildman–Crippen MR) is 144 cm³/mol. The summed E-state index contributed by atoms with van der Waals surface area (Å²) in [5.74, 6) is 1.92. The Morgan fingerprint density at radius 3 is 2.30 bits per heavy atom. The van der Waals surface area contributed by atoms with E-state index in [1.807, 2.05) is 24.3 Å². The molecule has 0 saturated carbocycles. The molecule has 1 atom stereocenters. The van der Waals surface area contributed by atoms with Crippen molar-refractivity contribution in [2.24, 2.45) is 16.5 Å². The van der Waals surface area contributed by atoms with Gasteiger partial charge < -0.3 is 41.5 Å². The topological polar surface area (TPSA) is 171 Å². The van der Waals surface area contributed by atoms with E-state index in [2.05, 4.69) is 20.4 Å². The van der Waals surface area contributed by atoms with Crippen LogP contribution in [-0.2, 0) is 4.79 Å². The number of nitrogens with two attached hydrogens (primary N) is 2. The number of anilines is 1. The molecule has 0 saturated heterocycles. The number of guanidine groups is 1. The number of rotatable bonds is 12. The van der Waals surface area contributed by atoms with E-state index < -0.39 is 6.04 Å². The highest BCUT2D eigenvalue weighted by molar-refractivity contribution is 7.10. The van der Waals surface area contributed by atoms with E-state index in [0.29, 0.717) is 48.1 Å². The third-order valence-corrected chi connectivity index (χ3v) is 6.49. The van der Waals surface area contributed by atoms with Crippen molar-refractivity contribution in [3.63, 3.8) is 0 Å². The number of benzene rings is 2. The Bertz CT molecular complexity index is 1230. The van der Waals surface area contributed by atoms with Crippen molar-refractivity contribution in [1.29, 1.82) is 0 Å². The summed E-state index contributed by atoms with van der Waals surface area (Å²) < 4.78 is 26.4. The number of carbonyl (C=O) groups is 1. The molecule has 12 heteroatoms. The normalized spacial score (nSPS) is 11.4. The average molecular weight is 530 g/mol. The molecule has 1 heterocycles. The first-order valence-corrected chi connectivity index (χ1v) is 12.2. The Balaban J connectivity index is 1.90. The lowest BCUT2D eigenvalue weighted by Crippen LogP contribution is -2.66. The average Bonchev–Trinajstić information content (AvgIpc) is 3.40.